The lowest BCUT2D eigenvalue weighted by molar-refractivity contribution is -0.0511. The van der Waals surface area contributed by atoms with E-state index in [0.29, 0.717) is 22.0 Å². The summed E-state index contributed by atoms with van der Waals surface area (Å²) in [5.41, 5.74) is 0.966. The van der Waals surface area contributed by atoms with Crippen LogP contribution in [0, 0.1) is 0 Å². The number of aliphatic hydroxyl groups excluding tert-OH is 3. The van der Waals surface area contributed by atoms with Crippen molar-refractivity contribution in [1.82, 2.24) is 19.5 Å². The van der Waals surface area contributed by atoms with Gasteiger partial charge >= 0.3 is 0 Å². The van der Waals surface area contributed by atoms with Crippen molar-refractivity contribution in [2.45, 2.75) is 55.9 Å². The van der Waals surface area contributed by atoms with Crippen LogP contribution in [0.25, 0.3) is 11.2 Å². The van der Waals surface area contributed by atoms with Gasteiger partial charge in [0.25, 0.3) is 0 Å². The minimum absolute atomic E-state index is 0.0304. The van der Waals surface area contributed by atoms with E-state index < -0.39 is 31.1 Å². The molecule has 10 nitrogen and oxygen atoms in total. The summed E-state index contributed by atoms with van der Waals surface area (Å²) in [6.07, 6.45) is 1.48. The minimum Gasteiger partial charge on any atom is -0.488 e. The van der Waals surface area contributed by atoms with Gasteiger partial charge in [0.2, 0.25) is 0 Å². The molecule has 0 amide bonds. The predicted octanol–water partition coefficient (Wildman–Crippen LogP) is 1.50. The molecule has 1 aromatic carbocycles. The van der Waals surface area contributed by atoms with Crippen LogP contribution in [0.2, 0.25) is 5.02 Å². The number of anilines is 1. The van der Waals surface area contributed by atoms with Crippen molar-refractivity contribution in [2.24, 2.45) is 0 Å². The topological polar surface area (TPSA) is 135 Å². The van der Waals surface area contributed by atoms with Crippen molar-refractivity contribution in [3.05, 3.63) is 41.9 Å². The lowest BCUT2D eigenvalue weighted by Gasteiger charge is -2.23. The maximum Gasteiger partial charge on any atom is 0.167 e. The molecule has 2 fully saturated rings. The van der Waals surface area contributed by atoms with Gasteiger partial charge in [0.15, 0.2) is 23.2 Å². The molecule has 3 aromatic rings. The third kappa shape index (κ3) is 3.89. The molecule has 6 atom stereocenters. The number of imidazole rings is 1. The number of aromatic nitrogens is 4. The van der Waals surface area contributed by atoms with Crippen LogP contribution in [0.15, 0.2) is 36.9 Å². The second-order valence-electron chi connectivity index (χ2n) is 8.07. The Hall–Kier alpha value is -2.50. The van der Waals surface area contributed by atoms with E-state index in [-0.39, 0.29) is 12.1 Å². The average molecular weight is 462 g/mol. The molecule has 32 heavy (non-hydrogen) atoms. The second kappa shape index (κ2) is 8.80. The van der Waals surface area contributed by atoms with Gasteiger partial charge in [0.1, 0.15) is 36.5 Å². The van der Waals surface area contributed by atoms with Crippen molar-refractivity contribution in [3.8, 4) is 5.75 Å². The Balaban J connectivity index is 1.36. The molecular weight excluding hydrogens is 438 g/mol. The van der Waals surface area contributed by atoms with E-state index in [1.165, 1.54) is 12.7 Å². The summed E-state index contributed by atoms with van der Waals surface area (Å²) in [5, 5.41) is 33.9. The smallest absolute Gasteiger partial charge is 0.167 e. The van der Waals surface area contributed by atoms with Crippen molar-refractivity contribution in [1.29, 1.82) is 0 Å². The first-order chi connectivity index (χ1) is 15.5. The molecule has 1 aliphatic heterocycles. The quantitative estimate of drug-likeness (QED) is 0.430. The Morgan fingerprint density at radius 3 is 2.69 bits per heavy atom. The normalized spacial score (nSPS) is 30.1. The molecule has 0 bridgehead atoms. The number of fused-ring (bicyclic) bond motifs is 1. The van der Waals surface area contributed by atoms with Crippen LogP contribution in [-0.4, -0.2) is 71.9 Å². The summed E-state index contributed by atoms with van der Waals surface area (Å²) >= 11 is 5.96. The molecule has 0 spiro atoms. The van der Waals surface area contributed by atoms with Crippen molar-refractivity contribution in [2.75, 3.05) is 11.9 Å². The van der Waals surface area contributed by atoms with E-state index in [1.807, 2.05) is 12.1 Å². The number of rotatable bonds is 6. The lowest BCUT2D eigenvalue weighted by Crippen LogP contribution is -2.33. The molecule has 3 heterocycles. The Morgan fingerprint density at radius 2 is 1.94 bits per heavy atom. The van der Waals surface area contributed by atoms with E-state index in [0.717, 1.165) is 25.0 Å². The molecule has 1 aliphatic carbocycles. The summed E-state index contributed by atoms with van der Waals surface area (Å²) < 4.78 is 13.3. The van der Waals surface area contributed by atoms with E-state index in [1.54, 1.807) is 16.7 Å². The molecule has 4 N–H and O–H groups in total. The van der Waals surface area contributed by atoms with Crippen LogP contribution in [0.1, 0.15) is 25.5 Å². The number of hydrogen-bond acceptors (Lipinski definition) is 9. The number of benzene rings is 1. The molecule has 2 aliphatic rings. The maximum atomic E-state index is 10.4. The molecule has 0 unspecified atom stereocenters. The third-order valence-electron chi connectivity index (χ3n) is 6.03. The van der Waals surface area contributed by atoms with Gasteiger partial charge in [-0.05, 0) is 43.5 Å². The van der Waals surface area contributed by atoms with Gasteiger partial charge in [0.05, 0.1) is 19.0 Å². The first-order valence-corrected chi connectivity index (χ1v) is 10.9. The first kappa shape index (κ1) is 21.4. The van der Waals surface area contributed by atoms with Crippen LogP contribution in [0.3, 0.4) is 0 Å². The Bertz CT molecular complexity index is 1080. The van der Waals surface area contributed by atoms with Gasteiger partial charge in [-0.25, -0.2) is 15.0 Å². The zero-order valence-electron chi connectivity index (χ0n) is 17.1. The third-order valence-corrected chi connectivity index (χ3v) is 6.28. The first-order valence-electron chi connectivity index (χ1n) is 10.5. The monoisotopic (exact) mass is 461 g/mol. The second-order valence-corrected chi connectivity index (χ2v) is 8.50. The van der Waals surface area contributed by atoms with Gasteiger partial charge in [-0.15, -0.1) is 0 Å². The summed E-state index contributed by atoms with van der Waals surface area (Å²) in [4.78, 5) is 13.1. The minimum atomic E-state index is -1.22. The zero-order chi connectivity index (χ0) is 22.2. The molecule has 170 valence electrons. The van der Waals surface area contributed by atoms with Crippen molar-refractivity contribution in [3.63, 3.8) is 0 Å². The van der Waals surface area contributed by atoms with Crippen molar-refractivity contribution < 1.29 is 24.8 Å². The SMILES string of the molecule is OC[C@H]1O[C@@H](n2cnc3c(N[C@@H]4CCC[C@H]4Oc4ccc(Cl)cc4)ncnc32)[C@H](O)[C@@H]1O. The number of halogens is 1. The van der Waals surface area contributed by atoms with Gasteiger partial charge in [0, 0.05) is 5.02 Å². The highest BCUT2D eigenvalue weighted by Crippen LogP contribution is 2.33. The van der Waals surface area contributed by atoms with Gasteiger partial charge < -0.3 is 30.1 Å². The fourth-order valence-corrected chi connectivity index (χ4v) is 4.48. The lowest BCUT2D eigenvalue weighted by atomic mass is 10.1. The largest absolute Gasteiger partial charge is 0.488 e. The Kier molecular flexibility index (Phi) is 5.87. The molecule has 5 rings (SSSR count). The van der Waals surface area contributed by atoms with Crippen LogP contribution >= 0.6 is 11.6 Å². The number of hydrogen-bond donors (Lipinski definition) is 4. The van der Waals surface area contributed by atoms with Gasteiger partial charge in [-0.1, -0.05) is 11.6 Å². The van der Waals surface area contributed by atoms with Crippen LogP contribution in [0.4, 0.5) is 5.82 Å². The van der Waals surface area contributed by atoms with Gasteiger partial charge in [-0.3, -0.25) is 4.57 Å². The van der Waals surface area contributed by atoms with Crippen molar-refractivity contribution >= 4 is 28.6 Å². The van der Waals surface area contributed by atoms with Crippen LogP contribution in [-0.2, 0) is 4.74 Å². The highest BCUT2D eigenvalue weighted by Gasteiger charge is 2.44. The standard InChI is InChI=1S/C21H24ClN5O5/c22-11-4-6-12(7-5-11)31-14-3-1-2-13(14)26-19-16-20(24-9-23-19)27(10-25-16)21-18(30)17(29)15(8-28)32-21/h4-7,9-10,13-15,17-18,21,28-30H,1-3,8H2,(H,23,24,26)/t13-,14-,15-,17-,18-,21-/m1/s1. The average Bonchev–Trinajstić information content (AvgIpc) is 3.49. The molecule has 11 heteroatoms. The van der Waals surface area contributed by atoms with E-state index in [2.05, 4.69) is 20.3 Å². The Labute approximate surface area is 188 Å². The highest BCUT2D eigenvalue weighted by molar-refractivity contribution is 6.30. The maximum absolute atomic E-state index is 10.4. The number of nitrogens with one attached hydrogen (secondary N) is 1. The summed E-state index contributed by atoms with van der Waals surface area (Å²) in [5.74, 6) is 1.31. The number of ether oxygens (including phenoxy) is 2. The van der Waals surface area contributed by atoms with Crippen LogP contribution in [0.5, 0.6) is 5.75 Å². The number of nitrogens with zero attached hydrogens (tertiary/aromatic N) is 4. The number of aliphatic hydroxyl groups is 3. The molecule has 1 saturated heterocycles. The zero-order valence-corrected chi connectivity index (χ0v) is 17.8. The molecule has 2 aromatic heterocycles. The van der Waals surface area contributed by atoms with E-state index >= 15 is 0 Å². The Morgan fingerprint density at radius 1 is 1.12 bits per heavy atom. The molecular formula is C21H24ClN5O5. The summed E-state index contributed by atoms with van der Waals surface area (Å²) in [6.45, 7) is -0.403. The van der Waals surface area contributed by atoms with E-state index in [4.69, 9.17) is 21.1 Å². The molecule has 0 radical (unpaired) electrons. The summed E-state index contributed by atoms with van der Waals surface area (Å²) in [7, 11) is 0. The fraction of sp³-hybridized carbons (Fsp3) is 0.476. The predicted molar refractivity (Wildman–Crippen MR) is 115 cm³/mol. The van der Waals surface area contributed by atoms with Crippen LogP contribution < -0.4 is 10.1 Å². The van der Waals surface area contributed by atoms with E-state index in [9.17, 15) is 15.3 Å². The highest BCUT2D eigenvalue weighted by atomic mass is 35.5. The van der Waals surface area contributed by atoms with Gasteiger partial charge in [-0.2, -0.15) is 0 Å². The summed E-state index contributed by atoms with van der Waals surface area (Å²) in [6, 6.07) is 7.33. The fourth-order valence-electron chi connectivity index (χ4n) is 4.35. The molecule has 1 saturated carbocycles.